The molecule has 2 unspecified atom stereocenters. The van der Waals surface area contributed by atoms with Gasteiger partial charge in [0.2, 0.25) is 0 Å². The van der Waals surface area contributed by atoms with E-state index in [9.17, 15) is 4.79 Å². The highest BCUT2D eigenvalue weighted by molar-refractivity contribution is 7.80. The Morgan fingerprint density at radius 1 is 1.44 bits per heavy atom. The van der Waals surface area contributed by atoms with Crippen molar-refractivity contribution in [2.45, 2.75) is 58.3 Å². The topological polar surface area (TPSA) is 61.6 Å². The molecule has 2 aliphatic heterocycles. The number of nitrogens with one attached hydrogen (secondary N) is 1. The van der Waals surface area contributed by atoms with Crippen LogP contribution in [-0.2, 0) is 4.79 Å². The van der Waals surface area contributed by atoms with E-state index in [1.54, 1.807) is 0 Å². The fourth-order valence-corrected chi connectivity index (χ4v) is 3.82. The minimum absolute atomic E-state index is 0.0469. The molecule has 0 spiro atoms. The summed E-state index contributed by atoms with van der Waals surface area (Å²) in [6.07, 6.45) is 0.742. The van der Waals surface area contributed by atoms with Gasteiger partial charge in [0.05, 0.1) is 0 Å². The zero-order chi connectivity index (χ0) is 13.9. The Hall–Kier alpha value is -0.880. The van der Waals surface area contributed by atoms with Crippen LogP contribution in [0.5, 0.6) is 0 Å². The zero-order valence-corrected chi connectivity index (χ0v) is 12.5. The van der Waals surface area contributed by atoms with Crippen LogP contribution >= 0.6 is 12.2 Å². The van der Waals surface area contributed by atoms with Gasteiger partial charge in [-0.15, -0.1) is 0 Å². The third kappa shape index (κ3) is 1.70. The zero-order valence-electron chi connectivity index (χ0n) is 11.7. The number of carbonyl (C=O) groups is 1. The van der Waals surface area contributed by atoms with Gasteiger partial charge in [-0.1, -0.05) is 13.8 Å². The van der Waals surface area contributed by atoms with E-state index in [1.165, 1.54) is 5.01 Å². The molecule has 2 heterocycles. The molecule has 6 heteroatoms. The summed E-state index contributed by atoms with van der Waals surface area (Å²) < 4.78 is 0. The van der Waals surface area contributed by atoms with E-state index in [0.717, 1.165) is 6.42 Å². The summed E-state index contributed by atoms with van der Waals surface area (Å²) in [5, 5.41) is 5.29. The molecule has 0 aromatic carbocycles. The largest absolute Gasteiger partial charge is 0.357 e. The Morgan fingerprint density at radius 3 is 2.50 bits per heavy atom. The Bertz CT molecular complexity index is 409. The average Bonchev–Trinajstić information content (AvgIpc) is 2.37. The molecule has 102 valence electrons. The second-order valence-electron chi connectivity index (χ2n) is 6.47. The predicted molar refractivity (Wildman–Crippen MR) is 74.3 cm³/mol. The van der Waals surface area contributed by atoms with Crippen molar-refractivity contribution in [1.29, 1.82) is 0 Å². The predicted octanol–water partition coefficient (Wildman–Crippen LogP) is 0.802. The molecule has 5 nitrogen and oxygen atoms in total. The van der Waals surface area contributed by atoms with E-state index >= 15 is 0 Å². The molecular formula is C12H22N4OS. The molecule has 1 amide bonds. The molecule has 2 atom stereocenters. The number of fused-ring (bicyclic) bond motifs is 1. The summed E-state index contributed by atoms with van der Waals surface area (Å²) in [5.74, 6) is 6.16. The third-order valence-electron chi connectivity index (χ3n) is 3.88. The van der Waals surface area contributed by atoms with Gasteiger partial charge >= 0.3 is 0 Å². The lowest BCUT2D eigenvalue weighted by atomic mass is 9.88. The van der Waals surface area contributed by atoms with Gasteiger partial charge in [0.1, 0.15) is 11.7 Å². The fraction of sp³-hybridized carbons (Fsp3) is 0.833. The normalized spacial score (nSPS) is 34.9. The molecule has 0 aliphatic carbocycles. The number of amides is 1. The first kappa shape index (κ1) is 13.5. The first-order chi connectivity index (χ1) is 8.10. The van der Waals surface area contributed by atoms with Gasteiger partial charge < -0.3 is 10.2 Å². The summed E-state index contributed by atoms with van der Waals surface area (Å²) >= 11 is 5.45. The molecule has 0 aromatic heterocycles. The van der Waals surface area contributed by atoms with Gasteiger partial charge in [-0.05, 0) is 38.9 Å². The first-order valence-electron chi connectivity index (χ1n) is 6.30. The number of hydrogen-bond acceptors (Lipinski definition) is 3. The standard InChI is InChI=1S/C12H22N4OS/c1-7(2)8-9(17)16(13)12(5)6-11(3,4)14-10(18)15(8)12/h7-8H,6,13H2,1-5H3,(H,14,18). The SMILES string of the molecule is CC(C)C1C(=O)N(N)C2(C)CC(C)(C)NC(=S)N12. The van der Waals surface area contributed by atoms with Crippen LogP contribution in [0.3, 0.4) is 0 Å². The van der Waals surface area contributed by atoms with Gasteiger partial charge in [0.25, 0.3) is 5.91 Å². The van der Waals surface area contributed by atoms with E-state index in [0.29, 0.717) is 5.11 Å². The summed E-state index contributed by atoms with van der Waals surface area (Å²) in [6.45, 7) is 10.2. The van der Waals surface area contributed by atoms with E-state index in [4.69, 9.17) is 18.1 Å². The van der Waals surface area contributed by atoms with Crippen LogP contribution in [0.25, 0.3) is 0 Å². The fourth-order valence-electron chi connectivity index (χ4n) is 3.24. The number of thiocarbonyl (C=S) groups is 1. The number of hydrazine groups is 1. The van der Waals surface area contributed by atoms with Crippen LogP contribution in [-0.4, -0.2) is 38.2 Å². The maximum absolute atomic E-state index is 12.3. The number of rotatable bonds is 1. The van der Waals surface area contributed by atoms with Crippen LogP contribution in [0.15, 0.2) is 0 Å². The Balaban J connectivity index is 2.48. The van der Waals surface area contributed by atoms with E-state index in [-0.39, 0.29) is 23.4 Å². The monoisotopic (exact) mass is 270 g/mol. The van der Waals surface area contributed by atoms with Crippen LogP contribution in [0.1, 0.15) is 41.0 Å². The lowest BCUT2D eigenvalue weighted by molar-refractivity contribution is -0.133. The highest BCUT2D eigenvalue weighted by Gasteiger charge is 2.59. The van der Waals surface area contributed by atoms with Crippen molar-refractivity contribution >= 4 is 23.2 Å². The summed E-state index contributed by atoms with van der Waals surface area (Å²) in [5.41, 5.74) is -0.691. The average molecular weight is 270 g/mol. The van der Waals surface area contributed by atoms with Crippen molar-refractivity contribution in [2.75, 3.05) is 0 Å². The highest BCUT2D eigenvalue weighted by Crippen LogP contribution is 2.41. The molecular weight excluding hydrogens is 248 g/mol. The maximum atomic E-state index is 12.3. The van der Waals surface area contributed by atoms with Crippen LogP contribution in [0.4, 0.5) is 0 Å². The molecule has 3 N–H and O–H groups in total. The van der Waals surface area contributed by atoms with Gasteiger partial charge in [0.15, 0.2) is 5.11 Å². The lowest BCUT2D eigenvalue weighted by Gasteiger charge is -2.51. The number of nitrogens with zero attached hydrogens (tertiary/aromatic N) is 2. The third-order valence-corrected chi connectivity index (χ3v) is 4.18. The van der Waals surface area contributed by atoms with Crippen molar-refractivity contribution in [2.24, 2.45) is 11.8 Å². The number of carbonyl (C=O) groups excluding carboxylic acids is 1. The summed E-state index contributed by atoms with van der Waals surface area (Å²) in [6, 6.07) is -0.268. The molecule has 0 saturated carbocycles. The minimum atomic E-state index is -0.530. The Labute approximate surface area is 114 Å². The van der Waals surface area contributed by atoms with Gasteiger partial charge in [-0.3, -0.25) is 9.80 Å². The molecule has 2 aliphatic rings. The molecule has 2 fully saturated rings. The summed E-state index contributed by atoms with van der Waals surface area (Å²) in [7, 11) is 0. The second-order valence-corrected chi connectivity index (χ2v) is 6.86. The molecule has 0 bridgehead atoms. The quantitative estimate of drug-likeness (QED) is 0.419. The smallest absolute Gasteiger partial charge is 0.261 e. The molecule has 2 saturated heterocycles. The van der Waals surface area contributed by atoms with E-state index < -0.39 is 5.66 Å². The van der Waals surface area contributed by atoms with Crippen molar-refractivity contribution in [3.8, 4) is 0 Å². The van der Waals surface area contributed by atoms with Crippen molar-refractivity contribution in [1.82, 2.24) is 15.2 Å². The molecule has 18 heavy (non-hydrogen) atoms. The van der Waals surface area contributed by atoms with Crippen LogP contribution in [0, 0.1) is 5.92 Å². The second kappa shape index (κ2) is 3.81. The van der Waals surface area contributed by atoms with Gasteiger partial charge in [-0.25, -0.2) is 5.84 Å². The minimum Gasteiger partial charge on any atom is -0.357 e. The highest BCUT2D eigenvalue weighted by atomic mass is 32.1. The molecule has 0 radical (unpaired) electrons. The van der Waals surface area contributed by atoms with E-state index in [1.807, 2.05) is 25.7 Å². The lowest BCUT2D eigenvalue weighted by Crippen LogP contribution is -2.69. The van der Waals surface area contributed by atoms with Gasteiger partial charge in [-0.2, -0.15) is 0 Å². The van der Waals surface area contributed by atoms with Crippen LogP contribution in [0.2, 0.25) is 0 Å². The van der Waals surface area contributed by atoms with E-state index in [2.05, 4.69) is 19.2 Å². The Morgan fingerprint density at radius 2 is 2.00 bits per heavy atom. The number of hydrogen-bond donors (Lipinski definition) is 2. The maximum Gasteiger partial charge on any atom is 0.261 e. The number of nitrogens with two attached hydrogens (primary N) is 1. The van der Waals surface area contributed by atoms with Crippen molar-refractivity contribution in [3.05, 3.63) is 0 Å². The summed E-state index contributed by atoms with van der Waals surface area (Å²) in [4.78, 5) is 14.3. The Kier molecular flexibility index (Phi) is 2.86. The molecule has 2 rings (SSSR count). The molecule has 0 aromatic rings. The van der Waals surface area contributed by atoms with Gasteiger partial charge in [0, 0.05) is 12.0 Å². The van der Waals surface area contributed by atoms with Crippen molar-refractivity contribution < 1.29 is 4.79 Å². The first-order valence-corrected chi connectivity index (χ1v) is 6.71. The van der Waals surface area contributed by atoms with Crippen molar-refractivity contribution in [3.63, 3.8) is 0 Å². The van der Waals surface area contributed by atoms with Crippen LogP contribution < -0.4 is 11.2 Å².